The molecule has 0 saturated carbocycles. The second-order valence-electron chi connectivity index (χ2n) is 4.33. The van der Waals surface area contributed by atoms with Crippen LogP contribution in [0.5, 0.6) is 5.75 Å². The number of amides is 1. The van der Waals surface area contributed by atoms with E-state index in [9.17, 15) is 4.79 Å². The molecule has 104 valence electrons. The Balaban J connectivity index is 1.96. The maximum Gasteiger partial charge on any atom is 0.265 e. The van der Waals surface area contributed by atoms with E-state index in [1.807, 2.05) is 0 Å². The molecule has 4 nitrogen and oxygen atoms in total. The molecular weight excluding hydrogens is 276 g/mol. The van der Waals surface area contributed by atoms with Gasteiger partial charge in [-0.1, -0.05) is 17.7 Å². The number of halogens is 1. The standard InChI is InChI=1S/C15H15ClN2O2/c1-10(20-14-4-2-3-11(16)9-14)15(19)18-13-7-5-12(17)6-8-13/h2-10H,17H2,1H3,(H,18,19). The number of ether oxygens (including phenoxy) is 1. The molecule has 2 rings (SSSR count). The minimum atomic E-state index is -0.633. The van der Waals surface area contributed by atoms with Gasteiger partial charge in [-0.05, 0) is 49.4 Å². The van der Waals surface area contributed by atoms with E-state index in [-0.39, 0.29) is 5.91 Å². The third-order valence-corrected chi connectivity index (χ3v) is 2.89. The quantitative estimate of drug-likeness (QED) is 0.849. The van der Waals surface area contributed by atoms with E-state index in [1.165, 1.54) is 0 Å². The third-order valence-electron chi connectivity index (χ3n) is 2.66. The lowest BCUT2D eigenvalue weighted by Gasteiger charge is -2.15. The molecule has 0 aromatic heterocycles. The summed E-state index contributed by atoms with van der Waals surface area (Å²) in [6.07, 6.45) is -0.633. The zero-order valence-electron chi connectivity index (χ0n) is 11.0. The lowest BCUT2D eigenvalue weighted by Crippen LogP contribution is -2.30. The Hall–Kier alpha value is -2.20. The average Bonchev–Trinajstić information content (AvgIpc) is 2.41. The largest absolute Gasteiger partial charge is 0.481 e. The Kier molecular flexibility index (Phi) is 4.48. The molecule has 1 amide bonds. The van der Waals surface area contributed by atoms with Gasteiger partial charge in [0.2, 0.25) is 0 Å². The van der Waals surface area contributed by atoms with Crippen LogP contribution in [0.3, 0.4) is 0 Å². The first-order valence-electron chi connectivity index (χ1n) is 6.13. The highest BCUT2D eigenvalue weighted by Gasteiger charge is 2.14. The van der Waals surface area contributed by atoms with Gasteiger partial charge in [0.25, 0.3) is 5.91 Å². The summed E-state index contributed by atoms with van der Waals surface area (Å²) in [5, 5.41) is 3.31. The monoisotopic (exact) mass is 290 g/mol. The van der Waals surface area contributed by atoms with Gasteiger partial charge < -0.3 is 15.8 Å². The van der Waals surface area contributed by atoms with Crippen LogP contribution < -0.4 is 15.8 Å². The highest BCUT2D eigenvalue weighted by molar-refractivity contribution is 6.30. The normalized spacial score (nSPS) is 11.7. The van der Waals surface area contributed by atoms with Gasteiger partial charge in [-0.15, -0.1) is 0 Å². The van der Waals surface area contributed by atoms with Gasteiger partial charge in [-0.3, -0.25) is 4.79 Å². The molecule has 0 aliphatic rings. The molecule has 2 aromatic rings. The number of rotatable bonds is 4. The van der Waals surface area contributed by atoms with Crippen molar-refractivity contribution in [2.75, 3.05) is 11.1 Å². The van der Waals surface area contributed by atoms with Crippen molar-refractivity contribution in [3.05, 3.63) is 53.6 Å². The van der Waals surface area contributed by atoms with Crippen LogP contribution in [0.1, 0.15) is 6.92 Å². The van der Waals surface area contributed by atoms with E-state index in [1.54, 1.807) is 55.5 Å². The van der Waals surface area contributed by atoms with Crippen LogP contribution >= 0.6 is 11.6 Å². The Bertz CT molecular complexity index is 599. The average molecular weight is 291 g/mol. The Morgan fingerprint density at radius 1 is 1.25 bits per heavy atom. The van der Waals surface area contributed by atoms with Crippen molar-refractivity contribution in [3.63, 3.8) is 0 Å². The minimum Gasteiger partial charge on any atom is -0.481 e. The molecule has 1 atom stereocenters. The predicted octanol–water partition coefficient (Wildman–Crippen LogP) is 3.33. The summed E-state index contributed by atoms with van der Waals surface area (Å²) < 4.78 is 5.53. The molecule has 0 saturated heterocycles. The van der Waals surface area contributed by atoms with Crippen LogP contribution in [-0.2, 0) is 4.79 Å². The third kappa shape index (κ3) is 3.90. The molecule has 0 spiro atoms. The van der Waals surface area contributed by atoms with Gasteiger partial charge in [0.1, 0.15) is 5.75 Å². The highest BCUT2D eigenvalue weighted by Crippen LogP contribution is 2.19. The first-order valence-corrected chi connectivity index (χ1v) is 6.51. The number of hydrogen-bond acceptors (Lipinski definition) is 3. The second kappa shape index (κ2) is 6.30. The first-order chi connectivity index (χ1) is 9.54. The smallest absolute Gasteiger partial charge is 0.265 e. The summed E-state index contributed by atoms with van der Waals surface area (Å²) in [5.41, 5.74) is 6.90. The molecule has 20 heavy (non-hydrogen) atoms. The molecule has 0 bridgehead atoms. The fourth-order valence-corrected chi connectivity index (χ4v) is 1.79. The molecule has 0 aliphatic heterocycles. The number of nitrogen functional groups attached to an aromatic ring is 1. The molecule has 0 fully saturated rings. The molecule has 5 heteroatoms. The van der Waals surface area contributed by atoms with Gasteiger partial charge in [0.05, 0.1) is 0 Å². The van der Waals surface area contributed by atoms with E-state index in [0.29, 0.717) is 22.1 Å². The SMILES string of the molecule is CC(Oc1cccc(Cl)c1)C(=O)Nc1ccc(N)cc1. The molecule has 0 aliphatic carbocycles. The van der Waals surface area contributed by atoms with E-state index in [0.717, 1.165) is 0 Å². The van der Waals surface area contributed by atoms with Crippen LogP contribution in [-0.4, -0.2) is 12.0 Å². The number of carbonyl (C=O) groups is 1. The summed E-state index contributed by atoms with van der Waals surface area (Å²) in [6.45, 7) is 1.67. The summed E-state index contributed by atoms with van der Waals surface area (Å²) in [4.78, 5) is 12.0. The molecular formula is C15H15ClN2O2. The second-order valence-corrected chi connectivity index (χ2v) is 4.77. The fraction of sp³-hybridized carbons (Fsp3) is 0.133. The predicted molar refractivity (Wildman–Crippen MR) is 81.0 cm³/mol. The van der Waals surface area contributed by atoms with Crippen molar-refractivity contribution >= 4 is 28.9 Å². The van der Waals surface area contributed by atoms with Crippen LogP contribution in [0.15, 0.2) is 48.5 Å². The Labute approximate surface area is 122 Å². The van der Waals surface area contributed by atoms with Crippen LogP contribution in [0.2, 0.25) is 5.02 Å². The maximum absolute atomic E-state index is 12.0. The fourth-order valence-electron chi connectivity index (χ4n) is 1.61. The van der Waals surface area contributed by atoms with Crippen molar-refractivity contribution in [1.29, 1.82) is 0 Å². The number of benzene rings is 2. The zero-order chi connectivity index (χ0) is 14.5. The lowest BCUT2D eigenvalue weighted by atomic mass is 10.2. The number of nitrogens with two attached hydrogens (primary N) is 1. The van der Waals surface area contributed by atoms with Crippen molar-refractivity contribution in [3.8, 4) is 5.75 Å². The van der Waals surface area contributed by atoms with Crippen molar-refractivity contribution in [1.82, 2.24) is 0 Å². The van der Waals surface area contributed by atoms with Gasteiger partial charge in [-0.25, -0.2) is 0 Å². The van der Waals surface area contributed by atoms with Gasteiger partial charge in [0.15, 0.2) is 6.10 Å². The van der Waals surface area contributed by atoms with Crippen molar-refractivity contribution < 1.29 is 9.53 Å². The zero-order valence-corrected chi connectivity index (χ0v) is 11.7. The van der Waals surface area contributed by atoms with Gasteiger partial charge in [0, 0.05) is 16.4 Å². The van der Waals surface area contributed by atoms with Crippen molar-refractivity contribution in [2.24, 2.45) is 0 Å². The van der Waals surface area contributed by atoms with Crippen LogP contribution in [0.25, 0.3) is 0 Å². The van der Waals surface area contributed by atoms with Crippen LogP contribution in [0, 0.1) is 0 Å². The minimum absolute atomic E-state index is 0.241. The highest BCUT2D eigenvalue weighted by atomic mass is 35.5. The number of anilines is 2. The topological polar surface area (TPSA) is 64.3 Å². The van der Waals surface area contributed by atoms with Crippen LogP contribution in [0.4, 0.5) is 11.4 Å². The van der Waals surface area contributed by atoms with E-state index >= 15 is 0 Å². The molecule has 1 unspecified atom stereocenters. The lowest BCUT2D eigenvalue weighted by molar-refractivity contribution is -0.122. The summed E-state index contributed by atoms with van der Waals surface area (Å²) in [5.74, 6) is 0.312. The number of nitrogens with one attached hydrogen (secondary N) is 1. The van der Waals surface area contributed by atoms with E-state index in [2.05, 4.69) is 5.32 Å². The number of hydrogen-bond donors (Lipinski definition) is 2. The maximum atomic E-state index is 12.0. The van der Waals surface area contributed by atoms with Gasteiger partial charge >= 0.3 is 0 Å². The Morgan fingerprint density at radius 3 is 2.60 bits per heavy atom. The van der Waals surface area contributed by atoms with Crippen molar-refractivity contribution in [2.45, 2.75) is 13.0 Å². The van der Waals surface area contributed by atoms with E-state index < -0.39 is 6.10 Å². The van der Waals surface area contributed by atoms with E-state index in [4.69, 9.17) is 22.1 Å². The first kappa shape index (κ1) is 14.2. The molecule has 0 heterocycles. The van der Waals surface area contributed by atoms with Gasteiger partial charge in [-0.2, -0.15) is 0 Å². The summed E-state index contributed by atoms with van der Waals surface area (Å²) >= 11 is 5.86. The summed E-state index contributed by atoms with van der Waals surface area (Å²) in [6, 6.07) is 13.8. The molecule has 2 aromatic carbocycles. The molecule has 3 N–H and O–H groups in total. The summed E-state index contributed by atoms with van der Waals surface area (Å²) in [7, 11) is 0. The Morgan fingerprint density at radius 2 is 1.95 bits per heavy atom. The number of carbonyl (C=O) groups excluding carboxylic acids is 1. The molecule has 0 radical (unpaired) electrons.